The van der Waals surface area contributed by atoms with E-state index in [-0.39, 0.29) is 55.1 Å². The van der Waals surface area contributed by atoms with Crippen LogP contribution in [0, 0.1) is 5.92 Å². The number of hydrogen-bond acceptors (Lipinski definition) is 5. The summed E-state index contributed by atoms with van der Waals surface area (Å²) in [6.45, 7) is 4.57. The molecule has 0 bridgehead atoms. The predicted octanol–water partition coefficient (Wildman–Crippen LogP) is 6.61. The summed E-state index contributed by atoms with van der Waals surface area (Å²) < 4.78 is 31.8. The van der Waals surface area contributed by atoms with E-state index < -0.39 is 16.1 Å². The Bertz CT molecular complexity index is 1540. The average molecular weight is 683 g/mol. The highest BCUT2D eigenvalue weighted by Gasteiger charge is 2.31. The van der Waals surface area contributed by atoms with E-state index in [1.807, 2.05) is 44.2 Å². The molecule has 0 saturated heterocycles. The highest BCUT2D eigenvalue weighted by atomic mass is 35.5. The highest BCUT2D eigenvalue weighted by molar-refractivity contribution is 7.92. The number of ether oxygens (including phenoxy) is 1. The molecule has 3 aromatic carbocycles. The van der Waals surface area contributed by atoms with Gasteiger partial charge in [0, 0.05) is 32.5 Å². The molecule has 3 rings (SSSR count). The van der Waals surface area contributed by atoms with Crippen molar-refractivity contribution in [3.05, 3.63) is 92.9 Å². The largest absolute Gasteiger partial charge is 0.495 e. The molecule has 0 heterocycles. The van der Waals surface area contributed by atoms with Crippen molar-refractivity contribution < 1.29 is 22.7 Å². The number of nitrogens with one attached hydrogen (secondary N) is 1. The molecule has 1 atom stereocenters. The summed E-state index contributed by atoms with van der Waals surface area (Å²) in [6, 6.07) is 18.4. The Labute approximate surface area is 275 Å². The Kier molecular flexibility index (Phi) is 13.2. The van der Waals surface area contributed by atoms with E-state index in [0.717, 1.165) is 11.8 Å². The molecule has 0 saturated carbocycles. The third-order valence-corrected chi connectivity index (χ3v) is 9.10. The van der Waals surface area contributed by atoms with Crippen LogP contribution in [0.25, 0.3) is 0 Å². The van der Waals surface area contributed by atoms with Gasteiger partial charge in [-0.3, -0.25) is 13.9 Å². The maximum absolute atomic E-state index is 14.0. The summed E-state index contributed by atoms with van der Waals surface area (Å²) in [6.07, 6.45) is 1.56. The molecular formula is C32H38Cl3N3O5S. The van der Waals surface area contributed by atoms with Gasteiger partial charge in [-0.2, -0.15) is 0 Å². The first-order chi connectivity index (χ1) is 20.8. The van der Waals surface area contributed by atoms with Gasteiger partial charge in [0.1, 0.15) is 11.8 Å². The molecule has 0 aliphatic heterocycles. The lowest BCUT2D eigenvalue weighted by atomic mass is 10.0. The Balaban J connectivity index is 1.91. The number of nitrogens with zero attached hydrogens (tertiary/aromatic N) is 2. The van der Waals surface area contributed by atoms with Crippen LogP contribution in [0.2, 0.25) is 15.1 Å². The van der Waals surface area contributed by atoms with Gasteiger partial charge in [0.2, 0.25) is 21.8 Å². The van der Waals surface area contributed by atoms with Crippen molar-refractivity contribution in [1.82, 2.24) is 10.2 Å². The smallest absolute Gasteiger partial charge is 0.243 e. The quantitative estimate of drug-likeness (QED) is 0.195. The Morgan fingerprint density at radius 2 is 1.61 bits per heavy atom. The molecule has 1 N–H and O–H groups in total. The second kappa shape index (κ2) is 16.4. The summed E-state index contributed by atoms with van der Waals surface area (Å²) >= 11 is 18.7. The van der Waals surface area contributed by atoms with Crippen molar-refractivity contribution in [1.29, 1.82) is 0 Å². The van der Waals surface area contributed by atoms with Crippen LogP contribution in [0.15, 0.2) is 66.7 Å². The van der Waals surface area contributed by atoms with Crippen molar-refractivity contribution in [2.75, 3.05) is 30.8 Å². The Morgan fingerprint density at radius 3 is 2.20 bits per heavy atom. The van der Waals surface area contributed by atoms with Crippen molar-refractivity contribution in [2.24, 2.45) is 5.92 Å². The zero-order chi connectivity index (χ0) is 32.4. The third-order valence-electron chi connectivity index (χ3n) is 6.87. The van der Waals surface area contributed by atoms with E-state index in [0.29, 0.717) is 33.6 Å². The van der Waals surface area contributed by atoms with Gasteiger partial charge in [-0.15, -0.1) is 0 Å². The normalized spacial score (nSPS) is 12.1. The fourth-order valence-corrected chi connectivity index (χ4v) is 6.16. The first-order valence-corrected chi connectivity index (χ1v) is 17.1. The number of methoxy groups -OCH3 is 1. The van der Waals surface area contributed by atoms with Crippen LogP contribution in [0.3, 0.4) is 0 Å². The van der Waals surface area contributed by atoms with Crippen LogP contribution in [0.4, 0.5) is 5.69 Å². The molecule has 0 fully saturated rings. The lowest BCUT2D eigenvalue weighted by Gasteiger charge is -2.32. The molecule has 0 aliphatic rings. The predicted molar refractivity (Wildman–Crippen MR) is 178 cm³/mol. The maximum Gasteiger partial charge on any atom is 0.243 e. The fraction of sp³-hybridized carbons (Fsp3) is 0.375. The molecule has 0 unspecified atom stereocenters. The molecule has 0 aliphatic carbocycles. The second-order valence-electron chi connectivity index (χ2n) is 10.9. The number of carbonyl (C=O) groups excluding carboxylic acids is 2. The van der Waals surface area contributed by atoms with Gasteiger partial charge in [0.15, 0.2) is 0 Å². The number of amides is 2. The summed E-state index contributed by atoms with van der Waals surface area (Å²) in [5.74, 6) is 0.0423. The van der Waals surface area contributed by atoms with Crippen molar-refractivity contribution in [3.8, 4) is 5.75 Å². The number of halogens is 3. The Morgan fingerprint density at radius 1 is 0.909 bits per heavy atom. The van der Waals surface area contributed by atoms with Crippen LogP contribution < -0.4 is 14.4 Å². The molecule has 12 heteroatoms. The van der Waals surface area contributed by atoms with E-state index in [9.17, 15) is 18.0 Å². The van der Waals surface area contributed by atoms with E-state index in [1.165, 1.54) is 22.4 Å². The van der Waals surface area contributed by atoms with Gasteiger partial charge in [0.05, 0.1) is 34.1 Å². The van der Waals surface area contributed by atoms with Gasteiger partial charge < -0.3 is 15.0 Å². The zero-order valence-electron chi connectivity index (χ0n) is 25.2. The lowest BCUT2D eigenvalue weighted by molar-refractivity contribution is -0.141. The minimum absolute atomic E-state index is 0.0139. The highest BCUT2D eigenvalue weighted by Crippen LogP contribution is 2.30. The van der Waals surface area contributed by atoms with Gasteiger partial charge in [-0.25, -0.2) is 8.42 Å². The first kappa shape index (κ1) is 35.5. The molecule has 0 spiro atoms. The standard InChI is InChI=1S/C32H38Cl3N3O5S/c1-22(2)20-36-32(40)29(18-23-9-6-5-7-10-23)37(21-24-12-14-26(33)27(34)17-24)31(39)11-8-16-38(44(4,41)42)25-13-15-30(43-3)28(35)19-25/h5-7,9-10,12-15,17,19,22,29H,8,11,16,18,20-21H2,1-4H3,(H,36,40)/t29-/m0/s1. The summed E-state index contributed by atoms with van der Waals surface area (Å²) in [4.78, 5) is 29.1. The monoisotopic (exact) mass is 681 g/mol. The molecule has 2 amide bonds. The first-order valence-electron chi connectivity index (χ1n) is 14.2. The molecular weight excluding hydrogens is 645 g/mol. The number of sulfonamides is 1. The van der Waals surface area contributed by atoms with E-state index in [1.54, 1.807) is 30.3 Å². The second-order valence-corrected chi connectivity index (χ2v) is 14.0. The van der Waals surface area contributed by atoms with Crippen molar-refractivity contribution >= 4 is 62.3 Å². The SMILES string of the molecule is COc1ccc(N(CCCC(=O)N(Cc2ccc(Cl)c(Cl)c2)[C@@H](Cc2ccccc2)C(=O)NCC(C)C)S(C)(=O)=O)cc1Cl. The van der Waals surface area contributed by atoms with Gasteiger partial charge in [0.25, 0.3) is 0 Å². The van der Waals surface area contributed by atoms with Crippen LogP contribution in [0.5, 0.6) is 5.75 Å². The molecule has 0 radical (unpaired) electrons. The van der Waals surface area contributed by atoms with E-state index in [2.05, 4.69) is 5.32 Å². The van der Waals surface area contributed by atoms with Crippen molar-refractivity contribution in [3.63, 3.8) is 0 Å². The number of carbonyl (C=O) groups is 2. The molecule has 238 valence electrons. The molecule has 3 aromatic rings. The summed E-state index contributed by atoms with van der Waals surface area (Å²) in [5, 5.41) is 3.96. The molecule has 8 nitrogen and oxygen atoms in total. The van der Waals surface area contributed by atoms with E-state index >= 15 is 0 Å². The number of benzene rings is 3. The third kappa shape index (κ3) is 10.3. The van der Waals surface area contributed by atoms with Gasteiger partial charge in [-0.1, -0.05) is 85.0 Å². The summed E-state index contributed by atoms with van der Waals surface area (Å²) in [7, 11) is -2.23. The topological polar surface area (TPSA) is 96.0 Å². The summed E-state index contributed by atoms with van der Waals surface area (Å²) in [5.41, 5.74) is 1.95. The van der Waals surface area contributed by atoms with E-state index in [4.69, 9.17) is 39.5 Å². The number of rotatable bonds is 15. The van der Waals surface area contributed by atoms with Crippen molar-refractivity contribution in [2.45, 2.75) is 45.7 Å². The van der Waals surface area contributed by atoms with Crippen LogP contribution in [-0.4, -0.2) is 57.6 Å². The number of hydrogen-bond donors (Lipinski definition) is 1. The molecule has 44 heavy (non-hydrogen) atoms. The van der Waals surface area contributed by atoms with Crippen LogP contribution in [0.1, 0.15) is 37.8 Å². The zero-order valence-corrected chi connectivity index (χ0v) is 28.3. The average Bonchev–Trinajstić information content (AvgIpc) is 2.97. The van der Waals surface area contributed by atoms with Gasteiger partial charge in [-0.05, 0) is 53.8 Å². The minimum atomic E-state index is -3.70. The lowest BCUT2D eigenvalue weighted by Crippen LogP contribution is -2.51. The number of anilines is 1. The maximum atomic E-state index is 14.0. The molecule has 0 aromatic heterocycles. The minimum Gasteiger partial charge on any atom is -0.495 e. The van der Waals surface area contributed by atoms with Gasteiger partial charge >= 0.3 is 0 Å². The fourth-order valence-electron chi connectivity index (χ4n) is 4.63. The Hall–Kier alpha value is -2.98. The van der Waals surface area contributed by atoms with Crippen LogP contribution >= 0.6 is 34.8 Å². The van der Waals surface area contributed by atoms with Crippen LogP contribution in [-0.2, 0) is 32.6 Å².